The third-order valence-corrected chi connectivity index (χ3v) is 6.89. The van der Waals surface area contributed by atoms with E-state index in [0.717, 1.165) is 36.5 Å². The molecule has 2 saturated heterocycles. The van der Waals surface area contributed by atoms with Crippen molar-refractivity contribution in [2.75, 3.05) is 25.9 Å². The molecule has 0 radical (unpaired) electrons. The van der Waals surface area contributed by atoms with E-state index in [2.05, 4.69) is 9.88 Å². The van der Waals surface area contributed by atoms with Crippen molar-refractivity contribution < 1.29 is 22.4 Å². The summed E-state index contributed by atoms with van der Waals surface area (Å²) in [6, 6.07) is -0.608. The monoisotopic (exact) mass is 458 g/mol. The molecule has 9 nitrogen and oxygen atoms in total. The highest BCUT2D eigenvalue weighted by molar-refractivity contribution is 7.89. The Morgan fingerprint density at radius 2 is 1.97 bits per heavy atom. The fourth-order valence-corrected chi connectivity index (χ4v) is 5.55. The summed E-state index contributed by atoms with van der Waals surface area (Å²) in [6.45, 7) is 6.50. The van der Waals surface area contributed by atoms with E-state index in [1.165, 1.54) is 11.2 Å². The van der Waals surface area contributed by atoms with Crippen molar-refractivity contribution in [1.82, 2.24) is 19.1 Å². The molecule has 0 aliphatic carbocycles. The molecule has 2 fully saturated rings. The van der Waals surface area contributed by atoms with Crippen molar-refractivity contribution in [3.05, 3.63) is 29.6 Å². The van der Waals surface area contributed by atoms with Crippen molar-refractivity contribution in [1.29, 1.82) is 0 Å². The van der Waals surface area contributed by atoms with Crippen LogP contribution in [0.1, 0.15) is 43.1 Å². The molecule has 0 aromatic carbocycles. The molecule has 2 atom stereocenters. The van der Waals surface area contributed by atoms with Gasteiger partial charge in [0.05, 0.1) is 30.5 Å². The number of aromatic nitrogens is 1. The van der Waals surface area contributed by atoms with Crippen LogP contribution in [0, 0.1) is 11.8 Å². The summed E-state index contributed by atoms with van der Waals surface area (Å²) < 4.78 is 30.8. The van der Waals surface area contributed by atoms with Crippen LogP contribution in [0.25, 0.3) is 0 Å². The predicted octanol–water partition coefficient (Wildman–Crippen LogP) is 1.47. The van der Waals surface area contributed by atoms with Crippen LogP contribution in [0.3, 0.4) is 0 Å². The standard InChI is InChI=1S/C19H26N4O5S.ClH/c1-12(2)16-17-14(23(19(16)25)29(3,26)27)6-9-22(17)18(24)13-11-28-15(20-13)10-21-7-4-5-8-21;/h6,11-12,16-17H,4-5,7-10H2,1-3H3;1H/t16-,17+;/m0./s1. The van der Waals surface area contributed by atoms with Gasteiger partial charge in [-0.25, -0.2) is 17.7 Å². The summed E-state index contributed by atoms with van der Waals surface area (Å²) in [6.07, 6.45) is 6.31. The maximum atomic E-state index is 13.1. The minimum atomic E-state index is -3.76. The lowest BCUT2D eigenvalue weighted by atomic mass is 9.89. The zero-order valence-corrected chi connectivity index (χ0v) is 18.9. The van der Waals surface area contributed by atoms with Crippen LogP contribution in [0.5, 0.6) is 0 Å². The number of nitrogens with zero attached hydrogens (tertiary/aromatic N) is 4. The van der Waals surface area contributed by atoms with E-state index in [4.69, 9.17) is 4.42 Å². The molecule has 3 aliphatic rings. The molecule has 2 amide bonds. The lowest BCUT2D eigenvalue weighted by molar-refractivity contribution is -0.128. The summed E-state index contributed by atoms with van der Waals surface area (Å²) in [5.74, 6) is -1.08. The average molecular weight is 459 g/mol. The number of halogens is 1. The van der Waals surface area contributed by atoms with E-state index in [9.17, 15) is 18.0 Å². The molecule has 4 heterocycles. The van der Waals surface area contributed by atoms with Gasteiger partial charge in [0.2, 0.25) is 21.8 Å². The predicted molar refractivity (Wildman–Crippen MR) is 111 cm³/mol. The van der Waals surface area contributed by atoms with E-state index in [1.54, 1.807) is 6.08 Å². The van der Waals surface area contributed by atoms with Crippen LogP contribution in [0.4, 0.5) is 0 Å². The quantitative estimate of drug-likeness (QED) is 0.658. The first-order chi connectivity index (χ1) is 13.7. The van der Waals surface area contributed by atoms with Crippen LogP contribution in [-0.2, 0) is 21.4 Å². The van der Waals surface area contributed by atoms with Crippen LogP contribution in [0.2, 0.25) is 0 Å². The molecule has 0 saturated carbocycles. The highest BCUT2D eigenvalue weighted by atomic mass is 35.5. The summed E-state index contributed by atoms with van der Waals surface area (Å²) in [5.41, 5.74) is 0.548. The zero-order valence-electron chi connectivity index (χ0n) is 17.3. The number of oxazole rings is 1. The van der Waals surface area contributed by atoms with Gasteiger partial charge < -0.3 is 9.32 Å². The van der Waals surface area contributed by atoms with Crippen LogP contribution in [-0.4, -0.2) is 71.3 Å². The Morgan fingerprint density at radius 1 is 1.30 bits per heavy atom. The van der Waals surface area contributed by atoms with Gasteiger partial charge in [-0.3, -0.25) is 14.5 Å². The number of likely N-dealkylation sites (tertiary alicyclic amines) is 1. The van der Waals surface area contributed by atoms with E-state index in [1.807, 2.05) is 13.8 Å². The molecule has 0 N–H and O–H groups in total. The number of amides is 2. The van der Waals surface area contributed by atoms with E-state index in [-0.39, 0.29) is 36.5 Å². The zero-order chi connectivity index (χ0) is 20.9. The van der Waals surface area contributed by atoms with Crippen molar-refractivity contribution >= 4 is 34.2 Å². The van der Waals surface area contributed by atoms with Crippen molar-refractivity contribution in [2.45, 2.75) is 39.3 Å². The SMILES string of the molecule is CC(C)[C@@H]1C(=O)N(S(C)(=O)=O)C2=CCN(C(=O)c3coc(CN4CCCC4)n3)[C@H]21.Cl. The van der Waals surface area contributed by atoms with Gasteiger partial charge >= 0.3 is 0 Å². The molecule has 30 heavy (non-hydrogen) atoms. The van der Waals surface area contributed by atoms with Crippen LogP contribution >= 0.6 is 12.4 Å². The molecular weight excluding hydrogens is 432 g/mol. The van der Waals surface area contributed by atoms with Crippen molar-refractivity contribution in [2.24, 2.45) is 11.8 Å². The van der Waals surface area contributed by atoms with E-state index < -0.39 is 27.9 Å². The maximum absolute atomic E-state index is 13.1. The molecule has 1 aromatic rings. The lowest BCUT2D eigenvalue weighted by Crippen LogP contribution is -2.43. The molecule has 166 valence electrons. The Labute approximate surface area is 182 Å². The highest BCUT2D eigenvalue weighted by Crippen LogP contribution is 2.41. The van der Waals surface area contributed by atoms with Crippen molar-refractivity contribution in [3.8, 4) is 0 Å². The summed E-state index contributed by atoms with van der Waals surface area (Å²) in [4.78, 5) is 34.1. The number of rotatable bonds is 5. The first kappa shape index (κ1) is 22.8. The van der Waals surface area contributed by atoms with E-state index in [0.29, 0.717) is 18.1 Å². The first-order valence-corrected chi connectivity index (χ1v) is 11.7. The van der Waals surface area contributed by atoms with Gasteiger partial charge in [-0.2, -0.15) is 0 Å². The summed E-state index contributed by atoms with van der Waals surface area (Å²) in [7, 11) is -3.76. The first-order valence-electron chi connectivity index (χ1n) is 9.90. The number of carbonyl (C=O) groups is 2. The molecule has 0 spiro atoms. The topological polar surface area (TPSA) is 104 Å². The molecule has 3 aliphatic heterocycles. The Hall–Kier alpha value is -1.91. The number of sulfonamides is 1. The summed E-state index contributed by atoms with van der Waals surface area (Å²) >= 11 is 0. The molecule has 0 bridgehead atoms. The van der Waals surface area contributed by atoms with E-state index >= 15 is 0 Å². The summed E-state index contributed by atoms with van der Waals surface area (Å²) in [5, 5.41) is 0. The van der Waals surface area contributed by atoms with Gasteiger partial charge in [-0.1, -0.05) is 13.8 Å². The normalized spacial score (nSPS) is 24.4. The third kappa shape index (κ3) is 3.88. The van der Waals surface area contributed by atoms with Crippen LogP contribution in [0.15, 0.2) is 22.5 Å². The number of fused-ring (bicyclic) bond motifs is 1. The van der Waals surface area contributed by atoms with Crippen LogP contribution < -0.4 is 0 Å². The maximum Gasteiger partial charge on any atom is 0.276 e. The Kier molecular flexibility index (Phi) is 6.31. The number of hydrogen-bond donors (Lipinski definition) is 0. The number of hydrogen-bond acceptors (Lipinski definition) is 7. The molecule has 1 aromatic heterocycles. The largest absolute Gasteiger partial charge is 0.447 e. The van der Waals surface area contributed by atoms with Gasteiger partial charge in [-0.05, 0) is 37.9 Å². The van der Waals surface area contributed by atoms with Gasteiger partial charge in [0, 0.05) is 6.54 Å². The van der Waals surface area contributed by atoms with Gasteiger partial charge in [0.25, 0.3) is 5.91 Å². The lowest BCUT2D eigenvalue weighted by Gasteiger charge is -2.28. The second kappa shape index (κ2) is 8.32. The second-order valence-corrected chi connectivity index (χ2v) is 10.1. The number of carbonyl (C=O) groups excluding carboxylic acids is 2. The molecule has 0 unspecified atom stereocenters. The minimum absolute atomic E-state index is 0. The molecular formula is C19H27ClN4O5S. The molecule has 4 rings (SSSR count). The minimum Gasteiger partial charge on any atom is -0.447 e. The fourth-order valence-electron chi connectivity index (χ4n) is 4.54. The molecule has 11 heteroatoms. The third-order valence-electron chi connectivity index (χ3n) is 5.84. The van der Waals surface area contributed by atoms with Gasteiger partial charge in [0.15, 0.2) is 5.69 Å². The Morgan fingerprint density at radius 3 is 2.57 bits per heavy atom. The second-order valence-electron chi connectivity index (χ2n) is 8.28. The van der Waals surface area contributed by atoms with Gasteiger partial charge in [0.1, 0.15) is 6.26 Å². The Bertz CT molecular complexity index is 967. The Balaban J connectivity index is 0.00000256. The average Bonchev–Trinajstić information content (AvgIpc) is 3.37. The smallest absolute Gasteiger partial charge is 0.276 e. The van der Waals surface area contributed by atoms with Gasteiger partial charge in [-0.15, -0.1) is 12.4 Å². The highest BCUT2D eigenvalue weighted by Gasteiger charge is 2.55. The van der Waals surface area contributed by atoms with Crippen molar-refractivity contribution in [3.63, 3.8) is 0 Å². The fraction of sp³-hybridized carbons (Fsp3) is 0.632.